The molecule has 16 heavy (non-hydrogen) atoms. The number of hydrogen-bond acceptors (Lipinski definition) is 2. The molecule has 0 rings (SSSR count). The van der Waals surface area contributed by atoms with E-state index in [0.717, 1.165) is 6.42 Å². The smallest absolute Gasteiger partial charge is 0.297 e. The van der Waals surface area contributed by atoms with Gasteiger partial charge in [-0.05, 0) is 26.2 Å². The standard InChI is InChI=1S/C13H28O2Si/c1-5-6-7-8-9-10-11(2)13(3,4)12(14)15-16/h11H,5-10H2,1-4,16H3. The fourth-order valence-electron chi connectivity index (χ4n) is 1.88. The Morgan fingerprint density at radius 2 is 1.81 bits per heavy atom. The third kappa shape index (κ3) is 5.15. The fraction of sp³-hybridized carbons (Fsp3) is 0.923. The van der Waals surface area contributed by atoms with Crippen LogP contribution in [0.5, 0.6) is 0 Å². The molecule has 0 aromatic heterocycles. The van der Waals surface area contributed by atoms with E-state index in [9.17, 15) is 4.79 Å². The van der Waals surface area contributed by atoms with E-state index in [1.54, 1.807) is 0 Å². The zero-order chi connectivity index (χ0) is 12.6. The first-order valence-electron chi connectivity index (χ1n) is 6.55. The molecule has 96 valence electrons. The number of carbonyl (C=O) groups excluding carboxylic acids is 1. The third-order valence-electron chi connectivity index (χ3n) is 3.68. The van der Waals surface area contributed by atoms with E-state index >= 15 is 0 Å². The number of hydrogen-bond donors (Lipinski definition) is 0. The molecule has 0 saturated heterocycles. The quantitative estimate of drug-likeness (QED) is 0.485. The second kappa shape index (κ2) is 7.88. The molecule has 0 aromatic carbocycles. The van der Waals surface area contributed by atoms with E-state index < -0.39 is 0 Å². The Bertz CT molecular complexity index is 202. The largest absolute Gasteiger partial charge is 0.528 e. The molecular formula is C13H28O2Si. The molecule has 0 bridgehead atoms. The molecule has 2 nitrogen and oxygen atoms in total. The molecule has 0 saturated carbocycles. The normalized spacial score (nSPS) is 13.8. The van der Waals surface area contributed by atoms with Gasteiger partial charge in [-0.15, -0.1) is 0 Å². The molecule has 1 atom stereocenters. The zero-order valence-electron chi connectivity index (χ0n) is 11.6. The van der Waals surface area contributed by atoms with Crippen LogP contribution in [0, 0.1) is 11.3 Å². The highest BCUT2D eigenvalue weighted by atomic mass is 28.2. The number of rotatable bonds is 8. The Hall–Kier alpha value is -0.313. The van der Waals surface area contributed by atoms with E-state index in [4.69, 9.17) is 4.43 Å². The van der Waals surface area contributed by atoms with Gasteiger partial charge in [0.25, 0.3) is 5.97 Å². The Morgan fingerprint density at radius 1 is 1.25 bits per heavy atom. The zero-order valence-corrected chi connectivity index (χ0v) is 13.6. The van der Waals surface area contributed by atoms with Crippen molar-refractivity contribution in [3.63, 3.8) is 0 Å². The first-order valence-corrected chi connectivity index (χ1v) is 7.36. The molecule has 1 unspecified atom stereocenters. The van der Waals surface area contributed by atoms with Crippen molar-refractivity contribution in [2.24, 2.45) is 11.3 Å². The lowest BCUT2D eigenvalue weighted by molar-refractivity contribution is -0.146. The van der Waals surface area contributed by atoms with Crippen LogP contribution in [0.15, 0.2) is 0 Å². The van der Waals surface area contributed by atoms with Gasteiger partial charge in [0.1, 0.15) is 0 Å². The monoisotopic (exact) mass is 244 g/mol. The van der Waals surface area contributed by atoms with Crippen LogP contribution in [-0.4, -0.2) is 16.5 Å². The molecule has 0 aromatic rings. The van der Waals surface area contributed by atoms with E-state index in [0.29, 0.717) is 16.4 Å². The summed E-state index contributed by atoms with van der Waals surface area (Å²) in [6, 6.07) is 0. The van der Waals surface area contributed by atoms with Gasteiger partial charge < -0.3 is 4.43 Å². The molecule has 0 radical (unpaired) electrons. The summed E-state index contributed by atoms with van der Waals surface area (Å²) in [6.45, 7) is 8.40. The summed E-state index contributed by atoms with van der Waals surface area (Å²) in [4.78, 5) is 11.6. The lowest BCUT2D eigenvalue weighted by atomic mass is 9.77. The first-order chi connectivity index (χ1) is 7.46. The molecule has 0 aliphatic carbocycles. The van der Waals surface area contributed by atoms with Crippen molar-refractivity contribution in [1.29, 1.82) is 0 Å². The van der Waals surface area contributed by atoms with Gasteiger partial charge in [-0.1, -0.05) is 46.0 Å². The van der Waals surface area contributed by atoms with Gasteiger partial charge in [-0.3, -0.25) is 4.79 Å². The van der Waals surface area contributed by atoms with E-state index in [-0.39, 0.29) is 11.4 Å². The average Bonchev–Trinajstić information content (AvgIpc) is 2.27. The van der Waals surface area contributed by atoms with Crippen LogP contribution in [0.4, 0.5) is 0 Å². The predicted molar refractivity (Wildman–Crippen MR) is 72.4 cm³/mol. The maximum atomic E-state index is 11.6. The lowest BCUT2D eigenvalue weighted by Crippen LogP contribution is -2.32. The maximum Gasteiger partial charge on any atom is 0.297 e. The van der Waals surface area contributed by atoms with Crippen LogP contribution in [-0.2, 0) is 9.22 Å². The van der Waals surface area contributed by atoms with Crippen molar-refractivity contribution >= 4 is 16.5 Å². The van der Waals surface area contributed by atoms with Gasteiger partial charge in [-0.25, -0.2) is 0 Å². The summed E-state index contributed by atoms with van der Waals surface area (Å²) in [6.07, 6.45) is 7.61. The van der Waals surface area contributed by atoms with Gasteiger partial charge in [0.2, 0.25) is 10.5 Å². The van der Waals surface area contributed by atoms with Crippen molar-refractivity contribution in [1.82, 2.24) is 0 Å². The van der Waals surface area contributed by atoms with Gasteiger partial charge in [0.05, 0.1) is 5.41 Å². The molecule has 0 aliphatic rings. The van der Waals surface area contributed by atoms with E-state index in [2.05, 4.69) is 13.8 Å². The van der Waals surface area contributed by atoms with Crippen LogP contribution in [0.1, 0.15) is 66.2 Å². The topological polar surface area (TPSA) is 26.3 Å². The minimum atomic E-state index is -0.313. The fourth-order valence-corrected chi connectivity index (χ4v) is 2.41. The second-order valence-electron chi connectivity index (χ2n) is 5.32. The van der Waals surface area contributed by atoms with Gasteiger partial charge in [0.15, 0.2) is 0 Å². The molecule has 0 N–H and O–H groups in total. The van der Waals surface area contributed by atoms with E-state index in [1.165, 1.54) is 32.1 Å². The van der Waals surface area contributed by atoms with Crippen molar-refractivity contribution in [3.8, 4) is 0 Å². The summed E-state index contributed by atoms with van der Waals surface area (Å²) in [7, 11) is 0.506. The third-order valence-corrected chi connectivity index (χ3v) is 4.05. The average molecular weight is 244 g/mol. The second-order valence-corrected chi connectivity index (χ2v) is 5.73. The molecule has 0 fully saturated rings. The lowest BCUT2D eigenvalue weighted by Gasteiger charge is -2.29. The van der Waals surface area contributed by atoms with Crippen LogP contribution in [0.2, 0.25) is 0 Å². The SMILES string of the molecule is CCCCCCCC(C)C(C)(C)C(=O)O[SiH3]. The summed E-state index contributed by atoms with van der Waals surface area (Å²) >= 11 is 0. The maximum absolute atomic E-state index is 11.6. The molecular weight excluding hydrogens is 216 g/mol. The highest BCUT2D eigenvalue weighted by Gasteiger charge is 2.33. The number of carbonyl (C=O) groups is 1. The van der Waals surface area contributed by atoms with Crippen LogP contribution in [0.3, 0.4) is 0 Å². The predicted octanol–water partition coefficient (Wildman–Crippen LogP) is 2.83. The van der Waals surface area contributed by atoms with Crippen LogP contribution >= 0.6 is 0 Å². The first kappa shape index (κ1) is 15.7. The van der Waals surface area contributed by atoms with Gasteiger partial charge >= 0.3 is 0 Å². The van der Waals surface area contributed by atoms with Crippen molar-refractivity contribution in [2.45, 2.75) is 66.2 Å². The van der Waals surface area contributed by atoms with Crippen LogP contribution < -0.4 is 0 Å². The van der Waals surface area contributed by atoms with Crippen molar-refractivity contribution < 1.29 is 9.22 Å². The summed E-state index contributed by atoms with van der Waals surface area (Å²) in [5.41, 5.74) is -0.313. The van der Waals surface area contributed by atoms with Crippen molar-refractivity contribution in [2.75, 3.05) is 0 Å². The Labute approximate surface area is 104 Å². The minimum Gasteiger partial charge on any atom is -0.528 e. The highest BCUT2D eigenvalue weighted by Crippen LogP contribution is 2.31. The number of unbranched alkanes of at least 4 members (excludes halogenated alkanes) is 4. The summed E-state index contributed by atoms with van der Waals surface area (Å²) in [5, 5.41) is 0. The Morgan fingerprint density at radius 3 is 2.31 bits per heavy atom. The van der Waals surface area contributed by atoms with Crippen molar-refractivity contribution in [3.05, 3.63) is 0 Å². The molecule has 3 heteroatoms. The van der Waals surface area contributed by atoms with Gasteiger partial charge in [-0.2, -0.15) is 0 Å². The Balaban J connectivity index is 3.86. The van der Waals surface area contributed by atoms with Gasteiger partial charge in [0, 0.05) is 0 Å². The minimum absolute atomic E-state index is 0.0276. The Kier molecular flexibility index (Phi) is 7.72. The molecule has 0 amide bonds. The van der Waals surface area contributed by atoms with E-state index in [1.807, 2.05) is 13.8 Å². The summed E-state index contributed by atoms with van der Waals surface area (Å²) < 4.78 is 4.98. The van der Waals surface area contributed by atoms with Crippen LogP contribution in [0.25, 0.3) is 0 Å². The molecule has 0 heterocycles. The highest BCUT2D eigenvalue weighted by molar-refractivity contribution is 6.06. The molecule has 0 aliphatic heterocycles. The molecule has 0 spiro atoms. The summed E-state index contributed by atoms with van der Waals surface area (Å²) in [5.74, 6) is 0.385.